The number of nitrogens with zero attached hydrogens (tertiary/aromatic N) is 4. The van der Waals surface area contributed by atoms with Crippen LogP contribution in [-0.4, -0.2) is 37.6 Å². The molecule has 4 rings (SSSR count). The Bertz CT molecular complexity index is 1280. The minimum Gasteiger partial charge on any atom is -0.486 e. The van der Waals surface area contributed by atoms with Crippen molar-refractivity contribution >= 4 is 46.4 Å². The predicted molar refractivity (Wildman–Crippen MR) is 131 cm³/mol. The second-order valence-corrected chi connectivity index (χ2v) is 8.29. The summed E-state index contributed by atoms with van der Waals surface area (Å²) in [6, 6.07) is 15.0. The van der Waals surface area contributed by atoms with E-state index in [1.807, 2.05) is 35.0 Å². The van der Waals surface area contributed by atoms with Gasteiger partial charge in [0.2, 0.25) is 0 Å². The molecule has 0 fully saturated rings. The molecule has 10 heteroatoms. The molecule has 0 aliphatic rings. The van der Waals surface area contributed by atoms with Gasteiger partial charge in [0.05, 0.1) is 12.0 Å². The van der Waals surface area contributed by atoms with Crippen LogP contribution in [0, 0.1) is 0 Å². The molecule has 0 atom stereocenters. The lowest BCUT2D eigenvalue weighted by Gasteiger charge is -2.09. The molecular weight excluding hydrogens is 460 g/mol. The van der Waals surface area contributed by atoms with Gasteiger partial charge in [-0.1, -0.05) is 47.6 Å². The van der Waals surface area contributed by atoms with E-state index in [0.717, 1.165) is 16.5 Å². The third kappa shape index (κ3) is 5.82. The number of para-hydroxylation sites is 1. The highest BCUT2D eigenvalue weighted by Crippen LogP contribution is 2.20. The van der Waals surface area contributed by atoms with E-state index < -0.39 is 0 Å². The molecule has 0 aliphatic carbocycles. The van der Waals surface area contributed by atoms with Crippen molar-refractivity contribution in [2.75, 3.05) is 5.75 Å². The number of hydrogen-bond donors (Lipinski definition) is 2. The number of nitrogens with one attached hydrogen (secondary N) is 2. The number of benzene rings is 2. The van der Waals surface area contributed by atoms with Gasteiger partial charge in [-0.2, -0.15) is 5.10 Å². The average molecular weight is 481 g/mol. The number of hydrogen-bond acceptors (Lipinski definition) is 6. The van der Waals surface area contributed by atoms with Crippen molar-refractivity contribution in [1.82, 2.24) is 25.2 Å². The Labute approximate surface area is 199 Å². The van der Waals surface area contributed by atoms with Crippen LogP contribution in [0.25, 0.3) is 10.9 Å². The highest BCUT2D eigenvalue weighted by molar-refractivity contribution is 7.99. The van der Waals surface area contributed by atoms with Crippen LogP contribution >= 0.6 is 23.4 Å². The number of aromatic amines is 1. The van der Waals surface area contributed by atoms with Gasteiger partial charge in [0.25, 0.3) is 5.91 Å². The average Bonchev–Trinajstić information content (AvgIpc) is 3.42. The number of carbonyl (C=O) groups excluding carboxylic acids is 1. The minimum absolute atomic E-state index is 0.137. The molecule has 0 aliphatic heterocycles. The van der Waals surface area contributed by atoms with Crippen molar-refractivity contribution in [1.29, 1.82) is 0 Å². The predicted octanol–water partition coefficient (Wildman–Crippen LogP) is 4.42. The lowest BCUT2D eigenvalue weighted by atomic mass is 10.2. The molecule has 0 radical (unpaired) electrons. The van der Waals surface area contributed by atoms with E-state index in [4.69, 9.17) is 16.3 Å². The summed E-state index contributed by atoms with van der Waals surface area (Å²) < 4.78 is 7.62. The fraction of sp³-hybridized carbons (Fsp3) is 0.130. The number of amides is 1. The van der Waals surface area contributed by atoms with Crippen LogP contribution in [0.5, 0.6) is 5.75 Å². The third-order valence-corrected chi connectivity index (χ3v) is 5.85. The minimum atomic E-state index is -0.247. The molecule has 0 unspecified atom stereocenters. The summed E-state index contributed by atoms with van der Waals surface area (Å²) in [6.45, 7) is 4.51. The van der Waals surface area contributed by atoms with Crippen molar-refractivity contribution < 1.29 is 9.53 Å². The van der Waals surface area contributed by atoms with Crippen molar-refractivity contribution in [2.45, 2.75) is 18.3 Å². The second kappa shape index (κ2) is 10.8. The summed E-state index contributed by atoms with van der Waals surface area (Å²) in [7, 11) is 0. The lowest BCUT2D eigenvalue weighted by Crippen LogP contribution is -2.20. The molecule has 0 bridgehead atoms. The number of H-pyrrole nitrogens is 1. The second-order valence-electron chi connectivity index (χ2n) is 6.91. The number of rotatable bonds is 10. The first kappa shape index (κ1) is 22.6. The molecule has 2 aromatic heterocycles. The number of aromatic nitrogens is 4. The van der Waals surface area contributed by atoms with Gasteiger partial charge in [0.15, 0.2) is 11.0 Å². The van der Waals surface area contributed by atoms with E-state index in [0.29, 0.717) is 28.3 Å². The van der Waals surface area contributed by atoms with E-state index in [2.05, 4.69) is 32.3 Å². The first-order valence-corrected chi connectivity index (χ1v) is 11.4. The molecule has 2 aromatic carbocycles. The van der Waals surface area contributed by atoms with Crippen LogP contribution in [-0.2, 0) is 17.9 Å². The summed E-state index contributed by atoms with van der Waals surface area (Å²) in [5, 5.41) is 14.7. The van der Waals surface area contributed by atoms with Gasteiger partial charge in [-0.05, 0) is 30.3 Å². The molecule has 1 amide bonds. The molecular formula is C23H21ClN6O2S. The fourth-order valence-electron chi connectivity index (χ4n) is 3.06. The topological polar surface area (TPSA) is 97.2 Å². The van der Waals surface area contributed by atoms with Crippen molar-refractivity contribution in [3.05, 3.63) is 83.8 Å². The molecule has 0 spiro atoms. The molecule has 4 aromatic rings. The summed E-state index contributed by atoms with van der Waals surface area (Å²) in [5.74, 6) is 1.20. The fourth-order valence-corrected chi connectivity index (χ4v) is 3.95. The van der Waals surface area contributed by atoms with Crippen LogP contribution < -0.4 is 10.2 Å². The first-order valence-electron chi connectivity index (χ1n) is 10.1. The number of fused-ring (bicyclic) bond motifs is 1. The summed E-state index contributed by atoms with van der Waals surface area (Å²) in [4.78, 5) is 15.4. The highest BCUT2D eigenvalue weighted by Gasteiger charge is 2.14. The van der Waals surface area contributed by atoms with Gasteiger partial charge < -0.3 is 9.72 Å². The Kier molecular flexibility index (Phi) is 7.43. The largest absolute Gasteiger partial charge is 0.486 e. The quantitative estimate of drug-likeness (QED) is 0.151. The van der Waals surface area contributed by atoms with Crippen molar-refractivity contribution in [3.8, 4) is 5.75 Å². The molecule has 33 heavy (non-hydrogen) atoms. The maximum absolute atomic E-state index is 12.3. The zero-order valence-electron chi connectivity index (χ0n) is 17.6. The molecule has 168 valence electrons. The standard InChI is InChI=1S/C23H21ClN6O2S/c1-2-11-30-21(14-32-18-9-7-17(24)8-10-18)27-29-23(30)33-15-22(31)28-26-13-16-12-25-20-6-4-3-5-19(16)20/h2-10,12-13,25H,1,11,14-15H2,(H,28,31). The van der Waals surface area contributed by atoms with Crippen LogP contribution in [0.4, 0.5) is 0 Å². The number of halogens is 1. The smallest absolute Gasteiger partial charge is 0.250 e. The van der Waals surface area contributed by atoms with Gasteiger partial charge in [-0.25, -0.2) is 5.43 Å². The normalized spacial score (nSPS) is 11.2. The number of thioether (sulfide) groups is 1. The van der Waals surface area contributed by atoms with Gasteiger partial charge in [0.1, 0.15) is 12.4 Å². The van der Waals surface area contributed by atoms with E-state index in [1.165, 1.54) is 11.8 Å². The number of ether oxygens (including phenoxy) is 1. The number of allylic oxidation sites excluding steroid dienone is 1. The Hall–Kier alpha value is -3.56. The third-order valence-electron chi connectivity index (χ3n) is 4.63. The molecule has 0 saturated heterocycles. The maximum atomic E-state index is 12.3. The van der Waals surface area contributed by atoms with Crippen molar-refractivity contribution in [2.24, 2.45) is 5.10 Å². The zero-order valence-corrected chi connectivity index (χ0v) is 19.1. The van der Waals surface area contributed by atoms with Crippen LogP contribution in [0.1, 0.15) is 11.4 Å². The number of hydrazone groups is 1. The lowest BCUT2D eigenvalue weighted by molar-refractivity contribution is -0.118. The van der Waals surface area contributed by atoms with Crippen LogP contribution in [0.2, 0.25) is 5.02 Å². The first-order chi connectivity index (χ1) is 16.1. The van der Waals surface area contributed by atoms with E-state index >= 15 is 0 Å². The van der Waals surface area contributed by atoms with Crippen LogP contribution in [0.3, 0.4) is 0 Å². The van der Waals surface area contributed by atoms with E-state index in [1.54, 1.807) is 36.6 Å². The molecule has 2 N–H and O–H groups in total. The maximum Gasteiger partial charge on any atom is 0.250 e. The Morgan fingerprint density at radius 1 is 1.24 bits per heavy atom. The Morgan fingerprint density at radius 3 is 2.88 bits per heavy atom. The Morgan fingerprint density at radius 2 is 2.06 bits per heavy atom. The van der Waals surface area contributed by atoms with Crippen molar-refractivity contribution in [3.63, 3.8) is 0 Å². The van der Waals surface area contributed by atoms with E-state index in [-0.39, 0.29) is 18.3 Å². The van der Waals surface area contributed by atoms with Gasteiger partial charge in [-0.3, -0.25) is 9.36 Å². The summed E-state index contributed by atoms with van der Waals surface area (Å²) >= 11 is 7.17. The molecule has 8 nitrogen and oxygen atoms in total. The zero-order chi connectivity index (χ0) is 23.0. The van der Waals surface area contributed by atoms with Gasteiger partial charge in [-0.15, -0.1) is 16.8 Å². The molecule has 0 saturated carbocycles. The Balaban J connectivity index is 1.32. The van der Waals surface area contributed by atoms with E-state index in [9.17, 15) is 4.79 Å². The van der Waals surface area contributed by atoms with Gasteiger partial charge >= 0.3 is 0 Å². The molecule has 2 heterocycles. The SMILES string of the molecule is C=CCn1c(COc2ccc(Cl)cc2)nnc1SCC(=O)NN=Cc1c[nH]c2ccccc12. The highest BCUT2D eigenvalue weighted by atomic mass is 35.5. The monoisotopic (exact) mass is 480 g/mol. The van der Waals surface area contributed by atoms with Crippen LogP contribution in [0.15, 0.2) is 77.6 Å². The number of carbonyl (C=O) groups is 1. The van der Waals surface area contributed by atoms with Gasteiger partial charge in [0, 0.05) is 34.2 Å². The summed E-state index contributed by atoms with van der Waals surface area (Å²) in [5.41, 5.74) is 4.46. The summed E-state index contributed by atoms with van der Waals surface area (Å²) in [6.07, 6.45) is 5.21.